The summed E-state index contributed by atoms with van der Waals surface area (Å²) in [6, 6.07) is 9.54. The number of methoxy groups -OCH3 is 1. The summed E-state index contributed by atoms with van der Waals surface area (Å²) in [5, 5.41) is 15.6. The van der Waals surface area contributed by atoms with Crippen LogP contribution >= 0.6 is 15.9 Å². The summed E-state index contributed by atoms with van der Waals surface area (Å²) in [6.07, 6.45) is 6.96. The van der Waals surface area contributed by atoms with Crippen LogP contribution in [0.15, 0.2) is 40.9 Å². The highest BCUT2D eigenvalue weighted by atomic mass is 79.9. The minimum atomic E-state index is -1.36. The van der Waals surface area contributed by atoms with Crippen LogP contribution in [-0.2, 0) is 10.3 Å². The third-order valence-corrected chi connectivity index (χ3v) is 7.62. The Morgan fingerprint density at radius 1 is 1.39 bits per heavy atom. The number of ether oxygens (including phenoxy) is 2. The summed E-state index contributed by atoms with van der Waals surface area (Å²) in [4.78, 5) is 28.0. The van der Waals surface area contributed by atoms with Gasteiger partial charge in [-0.25, -0.2) is 0 Å². The number of terminal acetylenes is 1. The molecule has 0 bridgehead atoms. The number of fused-ring (bicyclic) bond motifs is 4. The highest BCUT2D eigenvalue weighted by Crippen LogP contribution is 2.58. The fourth-order valence-corrected chi connectivity index (χ4v) is 6.54. The van der Waals surface area contributed by atoms with Gasteiger partial charge in [0.2, 0.25) is 0 Å². The normalized spacial score (nSPS) is 27.7. The third kappa shape index (κ3) is 2.97. The number of rotatable bonds is 5. The Morgan fingerprint density at radius 2 is 2.18 bits per heavy atom. The Morgan fingerprint density at radius 3 is 2.91 bits per heavy atom. The number of hydrogen-bond acceptors (Lipinski definition) is 6. The molecule has 4 atom stereocenters. The van der Waals surface area contributed by atoms with Crippen LogP contribution in [0.2, 0.25) is 0 Å². The van der Waals surface area contributed by atoms with E-state index in [-0.39, 0.29) is 23.5 Å². The van der Waals surface area contributed by atoms with Crippen molar-refractivity contribution in [2.75, 3.05) is 25.6 Å². The van der Waals surface area contributed by atoms with Crippen molar-refractivity contribution in [1.29, 1.82) is 0 Å². The number of nitrogens with one attached hydrogen (secondary N) is 1. The van der Waals surface area contributed by atoms with Crippen molar-refractivity contribution in [3.8, 4) is 23.8 Å². The van der Waals surface area contributed by atoms with Crippen LogP contribution in [0.3, 0.4) is 0 Å². The maximum Gasteiger partial charge on any atom is 0.256 e. The number of carbonyl (C=O) groups excluding carboxylic acids is 1. The lowest BCUT2D eigenvalue weighted by Crippen LogP contribution is -2.55. The summed E-state index contributed by atoms with van der Waals surface area (Å²) in [5.74, 6) is 2.44. The lowest BCUT2D eigenvalue weighted by Gasteiger charge is -2.32. The molecule has 1 N–H and O–H groups in total. The van der Waals surface area contributed by atoms with Gasteiger partial charge in [0.1, 0.15) is 6.61 Å². The molecule has 0 aromatic heterocycles. The van der Waals surface area contributed by atoms with E-state index in [1.807, 2.05) is 24.3 Å². The zero-order chi connectivity index (χ0) is 23.3. The molecule has 33 heavy (non-hydrogen) atoms. The van der Waals surface area contributed by atoms with Gasteiger partial charge in [-0.2, -0.15) is 0 Å². The number of nitro groups is 1. The van der Waals surface area contributed by atoms with Crippen molar-refractivity contribution in [3.05, 3.63) is 62.1 Å². The molecule has 1 amide bonds. The summed E-state index contributed by atoms with van der Waals surface area (Å²) in [5.41, 5.74) is 0.674. The molecular weight excluding hydrogens is 490 g/mol. The lowest BCUT2D eigenvalue weighted by atomic mass is 9.77. The van der Waals surface area contributed by atoms with E-state index in [1.54, 1.807) is 12.1 Å². The highest BCUT2D eigenvalue weighted by Gasteiger charge is 2.73. The SMILES string of the molecule is C#CCOc1c(Br)cc([C@H]2[C@H]([N+](=O)[O-])[C@@]3(C(=O)Nc4ccccc43)N3CCC[C@@H]23)cc1OC. The number of hydrogen-bond donors (Lipinski definition) is 1. The Balaban J connectivity index is 1.70. The maximum absolute atomic E-state index is 13.5. The molecule has 0 unspecified atom stereocenters. The largest absolute Gasteiger partial charge is 0.493 e. The molecular formula is C24H22BrN3O5. The van der Waals surface area contributed by atoms with Crippen molar-refractivity contribution < 1.29 is 19.2 Å². The van der Waals surface area contributed by atoms with Crippen LogP contribution in [0.1, 0.15) is 29.9 Å². The Bertz CT molecular complexity index is 1200. The van der Waals surface area contributed by atoms with E-state index < -0.39 is 17.5 Å². The number of anilines is 1. The molecule has 8 nitrogen and oxygen atoms in total. The molecule has 9 heteroatoms. The van der Waals surface area contributed by atoms with E-state index in [4.69, 9.17) is 15.9 Å². The first-order valence-corrected chi connectivity index (χ1v) is 11.5. The number of halogens is 1. The molecule has 2 fully saturated rings. The van der Waals surface area contributed by atoms with E-state index in [9.17, 15) is 14.9 Å². The standard InChI is InChI=1S/C24H22BrN3O5/c1-3-11-33-21-16(25)12-14(13-19(21)32-2)20-18-9-6-10-27(18)24(22(20)28(30)31)15-7-4-5-8-17(15)26-23(24)29/h1,4-5,7-8,12-13,18,20,22H,6,9-11H2,2H3,(H,26,29)/t18-,20+,22-,24-/m0/s1. The van der Waals surface area contributed by atoms with Gasteiger partial charge in [0.15, 0.2) is 17.0 Å². The third-order valence-electron chi connectivity index (χ3n) is 7.03. The summed E-state index contributed by atoms with van der Waals surface area (Å²) in [6.45, 7) is 0.681. The second-order valence-corrected chi connectivity index (χ2v) is 9.31. The average molecular weight is 512 g/mol. The van der Waals surface area contributed by atoms with Crippen molar-refractivity contribution >= 4 is 27.5 Å². The molecule has 170 valence electrons. The second kappa shape index (κ2) is 8.04. The van der Waals surface area contributed by atoms with E-state index in [0.717, 1.165) is 18.4 Å². The molecule has 3 heterocycles. The molecule has 0 radical (unpaired) electrons. The van der Waals surface area contributed by atoms with Crippen LogP contribution in [0.25, 0.3) is 0 Å². The van der Waals surface area contributed by atoms with Crippen molar-refractivity contribution in [2.24, 2.45) is 0 Å². The number of nitrogens with zero attached hydrogens (tertiary/aromatic N) is 2. The van der Waals surface area contributed by atoms with Gasteiger partial charge in [0.05, 0.1) is 17.5 Å². The molecule has 2 saturated heterocycles. The Kier molecular flexibility index (Phi) is 5.30. The monoisotopic (exact) mass is 511 g/mol. The smallest absolute Gasteiger partial charge is 0.256 e. The van der Waals surface area contributed by atoms with Crippen LogP contribution in [0, 0.1) is 22.5 Å². The van der Waals surface area contributed by atoms with Crippen LogP contribution in [0.4, 0.5) is 5.69 Å². The quantitative estimate of drug-likeness (QED) is 0.375. The molecule has 0 aliphatic carbocycles. The highest BCUT2D eigenvalue weighted by molar-refractivity contribution is 9.10. The van der Waals surface area contributed by atoms with Gasteiger partial charge in [0.25, 0.3) is 11.9 Å². The van der Waals surface area contributed by atoms with Crippen LogP contribution in [-0.4, -0.2) is 48.1 Å². The number of amides is 1. The minimum absolute atomic E-state index is 0.0612. The summed E-state index contributed by atoms with van der Waals surface area (Å²) < 4.78 is 11.8. The average Bonchev–Trinajstić information content (AvgIpc) is 3.45. The van der Waals surface area contributed by atoms with Gasteiger partial charge in [0, 0.05) is 28.8 Å². The van der Waals surface area contributed by atoms with Crippen LogP contribution in [0.5, 0.6) is 11.5 Å². The zero-order valence-corrected chi connectivity index (χ0v) is 19.5. The molecule has 5 rings (SSSR count). The molecule has 2 aromatic rings. The molecule has 3 aliphatic heterocycles. The van der Waals surface area contributed by atoms with E-state index in [2.05, 4.69) is 32.1 Å². The topological polar surface area (TPSA) is 93.9 Å². The number of benzene rings is 2. The first-order chi connectivity index (χ1) is 15.9. The predicted molar refractivity (Wildman–Crippen MR) is 125 cm³/mol. The second-order valence-electron chi connectivity index (χ2n) is 8.45. The maximum atomic E-state index is 13.5. The zero-order valence-electron chi connectivity index (χ0n) is 17.9. The first kappa shape index (κ1) is 21.7. The van der Waals surface area contributed by atoms with Crippen LogP contribution < -0.4 is 14.8 Å². The predicted octanol–water partition coefficient (Wildman–Crippen LogP) is 3.52. The van der Waals surface area contributed by atoms with E-state index in [0.29, 0.717) is 33.8 Å². The number of para-hydroxylation sites is 1. The summed E-state index contributed by atoms with van der Waals surface area (Å²) >= 11 is 3.52. The van der Waals surface area contributed by atoms with Crippen molar-refractivity contribution in [3.63, 3.8) is 0 Å². The van der Waals surface area contributed by atoms with Crippen molar-refractivity contribution in [2.45, 2.75) is 36.4 Å². The van der Waals surface area contributed by atoms with Gasteiger partial charge in [-0.1, -0.05) is 24.1 Å². The van der Waals surface area contributed by atoms with Gasteiger partial charge in [-0.05, 0) is 52.5 Å². The van der Waals surface area contributed by atoms with Gasteiger partial charge >= 0.3 is 0 Å². The number of carbonyl (C=O) groups is 1. The van der Waals surface area contributed by atoms with Gasteiger partial charge in [-0.15, -0.1) is 6.42 Å². The Labute approximate surface area is 199 Å². The van der Waals surface area contributed by atoms with E-state index >= 15 is 0 Å². The molecule has 0 saturated carbocycles. The molecule has 3 aliphatic rings. The fourth-order valence-electron chi connectivity index (χ4n) is 5.96. The lowest BCUT2D eigenvalue weighted by molar-refractivity contribution is -0.534. The van der Waals surface area contributed by atoms with Crippen molar-refractivity contribution in [1.82, 2.24) is 4.90 Å². The first-order valence-electron chi connectivity index (χ1n) is 10.7. The Hall–Kier alpha value is -3.09. The fraction of sp³-hybridized carbons (Fsp3) is 0.375. The van der Waals surface area contributed by atoms with Gasteiger partial charge in [-0.3, -0.25) is 19.8 Å². The molecule has 2 aromatic carbocycles. The van der Waals surface area contributed by atoms with E-state index in [1.165, 1.54) is 7.11 Å². The van der Waals surface area contributed by atoms with Gasteiger partial charge < -0.3 is 14.8 Å². The minimum Gasteiger partial charge on any atom is -0.493 e. The molecule has 1 spiro atoms. The summed E-state index contributed by atoms with van der Waals surface area (Å²) in [7, 11) is 1.51.